The van der Waals surface area contributed by atoms with Crippen molar-refractivity contribution in [3.63, 3.8) is 0 Å². The van der Waals surface area contributed by atoms with Crippen LogP contribution < -0.4 is 10.2 Å². The summed E-state index contributed by atoms with van der Waals surface area (Å²) < 4.78 is 5.80. The molecule has 0 bridgehead atoms. The van der Waals surface area contributed by atoms with Crippen LogP contribution in [0.3, 0.4) is 0 Å². The summed E-state index contributed by atoms with van der Waals surface area (Å²) in [7, 11) is -1.45. The number of rotatable bonds is 7. The molecule has 1 aliphatic heterocycles. The van der Waals surface area contributed by atoms with Crippen LogP contribution in [0.1, 0.15) is 18.9 Å². The number of ether oxygens (including phenoxy) is 1. The predicted octanol–water partition coefficient (Wildman–Crippen LogP) is 0.0812. The van der Waals surface area contributed by atoms with Crippen LogP contribution in [0.25, 0.3) is 0 Å². The highest BCUT2D eigenvalue weighted by Crippen LogP contribution is 2.15. The van der Waals surface area contributed by atoms with Gasteiger partial charge < -0.3 is 24.6 Å². The SMILES string of the molecule is CCN1CCN(CCCOc2cc(B(O)O)ccc2C)CC1. The Kier molecular flexibility index (Phi) is 6.70. The smallest absolute Gasteiger partial charge is 0.488 e. The first-order valence-corrected chi connectivity index (χ1v) is 8.14. The minimum absolute atomic E-state index is 0.469. The van der Waals surface area contributed by atoms with Gasteiger partial charge in [-0.15, -0.1) is 0 Å². The molecule has 0 unspecified atom stereocenters. The van der Waals surface area contributed by atoms with Crippen LogP contribution in [0.5, 0.6) is 5.75 Å². The van der Waals surface area contributed by atoms with Gasteiger partial charge in [-0.05, 0) is 37.0 Å². The van der Waals surface area contributed by atoms with Crippen LogP contribution in [0.15, 0.2) is 18.2 Å². The van der Waals surface area contributed by atoms with Gasteiger partial charge in [0.25, 0.3) is 0 Å². The van der Waals surface area contributed by atoms with Crippen molar-refractivity contribution in [2.24, 2.45) is 0 Å². The summed E-state index contributed by atoms with van der Waals surface area (Å²) >= 11 is 0. The fraction of sp³-hybridized carbons (Fsp3) is 0.625. The zero-order chi connectivity index (χ0) is 15.9. The van der Waals surface area contributed by atoms with Crippen molar-refractivity contribution < 1.29 is 14.8 Å². The molecule has 22 heavy (non-hydrogen) atoms. The first-order valence-electron chi connectivity index (χ1n) is 8.14. The van der Waals surface area contributed by atoms with E-state index in [2.05, 4.69) is 16.7 Å². The minimum atomic E-state index is -1.45. The predicted molar refractivity (Wildman–Crippen MR) is 89.7 cm³/mol. The maximum Gasteiger partial charge on any atom is 0.488 e. The molecule has 2 N–H and O–H groups in total. The lowest BCUT2D eigenvalue weighted by molar-refractivity contribution is 0.130. The molecule has 6 heteroatoms. The third-order valence-corrected chi connectivity index (χ3v) is 4.30. The molecule has 0 aliphatic carbocycles. The van der Waals surface area contributed by atoms with E-state index >= 15 is 0 Å². The van der Waals surface area contributed by atoms with Crippen molar-refractivity contribution in [1.29, 1.82) is 0 Å². The molecule has 122 valence electrons. The second-order valence-electron chi connectivity index (χ2n) is 5.88. The second-order valence-corrected chi connectivity index (χ2v) is 5.88. The lowest BCUT2D eigenvalue weighted by atomic mass is 9.80. The monoisotopic (exact) mass is 306 g/mol. The molecular weight excluding hydrogens is 279 g/mol. The largest absolute Gasteiger partial charge is 0.493 e. The molecule has 2 rings (SSSR count). The van der Waals surface area contributed by atoms with Crippen LogP contribution in [-0.4, -0.2) is 72.8 Å². The quantitative estimate of drug-likeness (QED) is 0.552. The maximum absolute atomic E-state index is 9.21. The van der Waals surface area contributed by atoms with E-state index < -0.39 is 7.12 Å². The van der Waals surface area contributed by atoms with Crippen molar-refractivity contribution in [2.45, 2.75) is 20.3 Å². The Morgan fingerprint density at radius 2 is 1.82 bits per heavy atom. The van der Waals surface area contributed by atoms with E-state index in [4.69, 9.17) is 4.74 Å². The van der Waals surface area contributed by atoms with Gasteiger partial charge in [0.1, 0.15) is 5.75 Å². The lowest BCUT2D eigenvalue weighted by Crippen LogP contribution is -2.46. The van der Waals surface area contributed by atoms with E-state index in [1.165, 1.54) is 0 Å². The first-order chi connectivity index (χ1) is 10.6. The number of hydrogen-bond acceptors (Lipinski definition) is 5. The van der Waals surface area contributed by atoms with Crippen molar-refractivity contribution in [3.05, 3.63) is 23.8 Å². The summed E-state index contributed by atoms with van der Waals surface area (Å²) in [4.78, 5) is 4.96. The first kappa shape index (κ1) is 17.3. The number of nitrogens with zero attached hydrogens (tertiary/aromatic N) is 2. The second kappa shape index (κ2) is 8.53. The Labute approximate surface area is 133 Å². The summed E-state index contributed by atoms with van der Waals surface area (Å²) in [6.45, 7) is 11.6. The molecule has 0 aromatic heterocycles. The molecular formula is C16H27BN2O3. The number of benzene rings is 1. The van der Waals surface area contributed by atoms with Gasteiger partial charge in [0.2, 0.25) is 0 Å². The van der Waals surface area contributed by atoms with Crippen LogP contribution in [-0.2, 0) is 0 Å². The van der Waals surface area contributed by atoms with Gasteiger partial charge in [-0.1, -0.05) is 19.1 Å². The highest BCUT2D eigenvalue weighted by Gasteiger charge is 2.15. The number of hydrogen-bond donors (Lipinski definition) is 2. The van der Waals surface area contributed by atoms with Crippen LogP contribution in [0.4, 0.5) is 0 Å². The molecule has 1 aromatic carbocycles. The number of aryl methyl sites for hydroxylation is 1. The fourth-order valence-electron chi connectivity index (χ4n) is 2.73. The van der Waals surface area contributed by atoms with Crippen molar-refractivity contribution in [1.82, 2.24) is 9.80 Å². The maximum atomic E-state index is 9.21. The van der Waals surface area contributed by atoms with Gasteiger partial charge in [-0.3, -0.25) is 0 Å². The van der Waals surface area contributed by atoms with E-state index in [9.17, 15) is 10.0 Å². The van der Waals surface area contributed by atoms with Gasteiger partial charge in [0, 0.05) is 32.7 Å². The van der Waals surface area contributed by atoms with E-state index in [-0.39, 0.29) is 0 Å². The Bertz CT molecular complexity index is 463. The lowest BCUT2D eigenvalue weighted by Gasteiger charge is -2.33. The van der Waals surface area contributed by atoms with Gasteiger partial charge in [-0.2, -0.15) is 0 Å². The standard InChI is InChI=1S/C16H27BN2O3/c1-3-18-8-10-19(11-9-18)7-4-12-22-16-13-15(17(20)21)6-5-14(16)2/h5-6,13,20-21H,3-4,7-12H2,1-2H3. The molecule has 0 amide bonds. The number of likely N-dealkylation sites (N-methyl/N-ethyl adjacent to an activating group) is 1. The van der Waals surface area contributed by atoms with Crippen molar-refractivity contribution in [2.75, 3.05) is 45.9 Å². The number of piperazine rings is 1. The van der Waals surface area contributed by atoms with Gasteiger partial charge in [0.05, 0.1) is 6.61 Å². The Morgan fingerprint density at radius 1 is 1.14 bits per heavy atom. The average molecular weight is 306 g/mol. The highest BCUT2D eigenvalue weighted by atomic mass is 16.5. The molecule has 1 aliphatic rings. The molecule has 0 spiro atoms. The highest BCUT2D eigenvalue weighted by molar-refractivity contribution is 6.58. The average Bonchev–Trinajstić information content (AvgIpc) is 2.53. The summed E-state index contributed by atoms with van der Waals surface area (Å²) in [5, 5.41) is 18.4. The normalized spacial score (nSPS) is 16.7. The molecule has 1 fully saturated rings. The summed E-state index contributed by atoms with van der Waals surface area (Å²) in [6.07, 6.45) is 0.984. The summed E-state index contributed by atoms with van der Waals surface area (Å²) in [5.74, 6) is 0.737. The minimum Gasteiger partial charge on any atom is -0.493 e. The van der Waals surface area contributed by atoms with E-state index in [0.717, 1.165) is 57.0 Å². The van der Waals surface area contributed by atoms with E-state index in [0.29, 0.717) is 12.1 Å². The zero-order valence-corrected chi connectivity index (χ0v) is 13.7. The van der Waals surface area contributed by atoms with Crippen LogP contribution >= 0.6 is 0 Å². The zero-order valence-electron chi connectivity index (χ0n) is 13.7. The van der Waals surface area contributed by atoms with Gasteiger partial charge in [0.15, 0.2) is 0 Å². The van der Waals surface area contributed by atoms with Crippen molar-refractivity contribution >= 4 is 12.6 Å². The molecule has 0 saturated carbocycles. The topological polar surface area (TPSA) is 56.2 Å². The van der Waals surface area contributed by atoms with E-state index in [1.807, 2.05) is 13.0 Å². The fourth-order valence-corrected chi connectivity index (χ4v) is 2.73. The molecule has 1 aromatic rings. The molecule has 5 nitrogen and oxygen atoms in total. The Morgan fingerprint density at radius 3 is 2.45 bits per heavy atom. The van der Waals surface area contributed by atoms with Crippen LogP contribution in [0.2, 0.25) is 0 Å². The van der Waals surface area contributed by atoms with Crippen LogP contribution in [0, 0.1) is 6.92 Å². The molecule has 1 heterocycles. The Balaban J connectivity index is 1.72. The van der Waals surface area contributed by atoms with Crippen molar-refractivity contribution in [3.8, 4) is 5.75 Å². The Hall–Kier alpha value is -1.08. The summed E-state index contributed by atoms with van der Waals surface area (Å²) in [5.41, 5.74) is 1.48. The van der Waals surface area contributed by atoms with Gasteiger partial charge in [-0.25, -0.2) is 0 Å². The summed E-state index contributed by atoms with van der Waals surface area (Å²) in [6, 6.07) is 5.27. The third-order valence-electron chi connectivity index (χ3n) is 4.30. The molecule has 1 saturated heterocycles. The molecule has 0 radical (unpaired) electrons. The van der Waals surface area contributed by atoms with Gasteiger partial charge >= 0.3 is 7.12 Å². The van der Waals surface area contributed by atoms with E-state index in [1.54, 1.807) is 12.1 Å². The third kappa shape index (κ3) is 4.99. The molecule has 0 atom stereocenters.